The lowest BCUT2D eigenvalue weighted by Gasteiger charge is -1.91. The first-order chi connectivity index (χ1) is 8.77. The number of hydrogen-bond acceptors (Lipinski definition) is 1. The molecule has 0 fully saturated rings. The highest BCUT2D eigenvalue weighted by molar-refractivity contribution is 5.66. The molecule has 18 heavy (non-hydrogen) atoms. The molecule has 0 amide bonds. The Morgan fingerprint density at radius 1 is 0.889 bits per heavy atom. The Bertz CT molecular complexity index is 275. The van der Waals surface area contributed by atoms with E-state index in [1.807, 2.05) is 18.2 Å². The first-order valence-corrected chi connectivity index (χ1v) is 6.95. The predicted molar refractivity (Wildman–Crippen MR) is 77.7 cm³/mol. The van der Waals surface area contributed by atoms with Gasteiger partial charge in [-0.2, -0.15) is 0 Å². The third kappa shape index (κ3) is 14.7. The second-order valence-electron chi connectivity index (χ2n) is 4.33. The molecule has 0 unspecified atom stereocenters. The normalized spacial score (nSPS) is 12.1. The summed E-state index contributed by atoms with van der Waals surface area (Å²) in [6.07, 6.45) is 20.5. The van der Waals surface area contributed by atoms with Crippen LogP contribution in [0.25, 0.3) is 0 Å². The van der Waals surface area contributed by atoms with Crippen molar-refractivity contribution < 1.29 is 9.90 Å². The van der Waals surface area contributed by atoms with E-state index >= 15 is 0 Å². The Labute approximate surface area is 111 Å². The van der Waals surface area contributed by atoms with Gasteiger partial charge in [0.15, 0.2) is 0 Å². The van der Waals surface area contributed by atoms with Crippen LogP contribution in [0.3, 0.4) is 0 Å². The molecular weight excluding hydrogens is 224 g/mol. The van der Waals surface area contributed by atoms with Crippen LogP contribution in [0.4, 0.5) is 0 Å². The third-order valence-electron chi connectivity index (χ3n) is 2.54. The lowest BCUT2D eigenvalue weighted by Crippen LogP contribution is -1.91. The van der Waals surface area contributed by atoms with E-state index in [0.29, 0.717) is 6.42 Å². The number of unbranched alkanes of at least 4 members (excludes halogenated alkanes) is 4. The molecule has 0 rings (SSSR count). The van der Waals surface area contributed by atoms with Crippen LogP contribution in [0.1, 0.15) is 58.3 Å². The number of carboxylic acid groups (broad SMARTS) is 1. The molecule has 0 spiro atoms. The van der Waals surface area contributed by atoms with Gasteiger partial charge in [-0.1, -0.05) is 56.2 Å². The zero-order valence-corrected chi connectivity index (χ0v) is 11.5. The van der Waals surface area contributed by atoms with Gasteiger partial charge in [0.1, 0.15) is 0 Å². The second-order valence-corrected chi connectivity index (χ2v) is 4.33. The van der Waals surface area contributed by atoms with Crippen molar-refractivity contribution in [2.75, 3.05) is 0 Å². The third-order valence-corrected chi connectivity index (χ3v) is 2.54. The Balaban J connectivity index is 3.32. The van der Waals surface area contributed by atoms with Crippen LogP contribution in [0, 0.1) is 0 Å². The molecule has 0 bridgehead atoms. The number of carbonyl (C=O) groups is 1. The fraction of sp³-hybridized carbons (Fsp3) is 0.562. The van der Waals surface area contributed by atoms with Gasteiger partial charge >= 0.3 is 5.97 Å². The molecule has 2 nitrogen and oxygen atoms in total. The van der Waals surface area contributed by atoms with Crippen molar-refractivity contribution in [3.63, 3.8) is 0 Å². The molecule has 0 radical (unpaired) electrons. The molecule has 2 heteroatoms. The van der Waals surface area contributed by atoms with Crippen molar-refractivity contribution in [2.24, 2.45) is 0 Å². The topological polar surface area (TPSA) is 37.3 Å². The predicted octanol–water partition coefficient (Wildman–Crippen LogP) is 4.88. The van der Waals surface area contributed by atoms with Gasteiger partial charge in [-0.25, -0.2) is 0 Å². The van der Waals surface area contributed by atoms with E-state index in [0.717, 1.165) is 12.8 Å². The van der Waals surface area contributed by atoms with Crippen LogP contribution in [-0.4, -0.2) is 11.1 Å². The number of carboxylic acids is 1. The number of rotatable bonds is 11. The highest BCUT2D eigenvalue weighted by atomic mass is 16.4. The summed E-state index contributed by atoms with van der Waals surface area (Å²) in [4.78, 5) is 10.2. The van der Waals surface area contributed by atoms with Crippen LogP contribution in [0.15, 0.2) is 36.5 Å². The highest BCUT2D eigenvalue weighted by Crippen LogP contribution is 2.01. The van der Waals surface area contributed by atoms with Crippen LogP contribution in [0.5, 0.6) is 0 Å². The molecule has 0 saturated carbocycles. The van der Waals surface area contributed by atoms with Crippen LogP contribution >= 0.6 is 0 Å². The van der Waals surface area contributed by atoms with Gasteiger partial charge in [0.25, 0.3) is 0 Å². The van der Waals surface area contributed by atoms with Crippen molar-refractivity contribution in [1.82, 2.24) is 0 Å². The largest absolute Gasteiger partial charge is 0.481 e. The summed E-state index contributed by atoms with van der Waals surface area (Å²) in [5.74, 6) is -0.738. The quantitative estimate of drug-likeness (QED) is 0.322. The molecule has 0 aromatic heterocycles. The average molecular weight is 250 g/mol. The maximum atomic E-state index is 10.2. The van der Waals surface area contributed by atoms with Crippen molar-refractivity contribution >= 4 is 5.97 Å². The van der Waals surface area contributed by atoms with E-state index in [-0.39, 0.29) is 6.42 Å². The molecule has 0 aromatic carbocycles. The number of hydrogen-bond donors (Lipinski definition) is 1. The summed E-state index contributed by atoms with van der Waals surface area (Å²) in [7, 11) is 0. The summed E-state index contributed by atoms with van der Waals surface area (Å²) in [6, 6.07) is 0. The van der Waals surface area contributed by atoms with Gasteiger partial charge in [0.05, 0.1) is 0 Å². The van der Waals surface area contributed by atoms with Gasteiger partial charge in [-0.05, 0) is 32.1 Å². The smallest absolute Gasteiger partial charge is 0.303 e. The van der Waals surface area contributed by atoms with E-state index in [2.05, 4.69) is 25.2 Å². The van der Waals surface area contributed by atoms with Crippen molar-refractivity contribution in [3.05, 3.63) is 36.5 Å². The Hall–Kier alpha value is -1.31. The van der Waals surface area contributed by atoms with Gasteiger partial charge in [-0.3, -0.25) is 4.79 Å². The first kappa shape index (κ1) is 16.7. The molecule has 0 aromatic rings. The maximum absolute atomic E-state index is 10.2. The fourth-order valence-corrected chi connectivity index (χ4v) is 1.47. The molecule has 0 atom stereocenters. The molecule has 0 heterocycles. The maximum Gasteiger partial charge on any atom is 0.303 e. The zero-order valence-electron chi connectivity index (χ0n) is 11.5. The van der Waals surface area contributed by atoms with Crippen molar-refractivity contribution in [1.29, 1.82) is 0 Å². The molecular formula is C16H26O2. The van der Waals surface area contributed by atoms with E-state index in [4.69, 9.17) is 5.11 Å². The zero-order chi connectivity index (χ0) is 13.5. The van der Waals surface area contributed by atoms with Crippen LogP contribution < -0.4 is 0 Å². The lowest BCUT2D eigenvalue weighted by molar-refractivity contribution is -0.136. The standard InChI is InChI=1S/C16H26O2/c1-2-3-4-5-6-7-8-9-10-11-12-13-14-15-16(17)18/h5-6,10-13H,2-4,7-9,14-15H2,1H3,(H,17,18)/b6-5+,11-10+,13-12+. The van der Waals surface area contributed by atoms with Gasteiger partial charge < -0.3 is 5.11 Å². The summed E-state index contributed by atoms with van der Waals surface area (Å²) >= 11 is 0. The minimum absolute atomic E-state index is 0.215. The second kappa shape index (κ2) is 13.8. The molecule has 0 aliphatic carbocycles. The number of allylic oxidation sites excluding steroid dienone is 6. The Morgan fingerprint density at radius 3 is 2.06 bits per heavy atom. The Kier molecular flexibility index (Phi) is 12.8. The summed E-state index contributed by atoms with van der Waals surface area (Å²) < 4.78 is 0. The van der Waals surface area contributed by atoms with Gasteiger partial charge in [0.2, 0.25) is 0 Å². The first-order valence-electron chi connectivity index (χ1n) is 6.95. The van der Waals surface area contributed by atoms with E-state index < -0.39 is 5.97 Å². The van der Waals surface area contributed by atoms with E-state index in [9.17, 15) is 4.79 Å². The SMILES string of the molecule is CCCC/C=C/CCC/C=C/C=C/CCC(=O)O. The van der Waals surface area contributed by atoms with Gasteiger partial charge in [0, 0.05) is 6.42 Å². The molecule has 102 valence electrons. The summed E-state index contributed by atoms with van der Waals surface area (Å²) in [5.41, 5.74) is 0. The van der Waals surface area contributed by atoms with E-state index in [1.54, 1.807) is 0 Å². The summed E-state index contributed by atoms with van der Waals surface area (Å²) in [5, 5.41) is 8.43. The van der Waals surface area contributed by atoms with Crippen molar-refractivity contribution in [3.8, 4) is 0 Å². The van der Waals surface area contributed by atoms with E-state index in [1.165, 1.54) is 25.7 Å². The molecule has 0 saturated heterocycles. The fourth-order valence-electron chi connectivity index (χ4n) is 1.47. The lowest BCUT2D eigenvalue weighted by atomic mass is 10.2. The Morgan fingerprint density at radius 2 is 1.44 bits per heavy atom. The minimum atomic E-state index is -0.738. The van der Waals surface area contributed by atoms with Crippen LogP contribution in [-0.2, 0) is 4.79 Å². The minimum Gasteiger partial charge on any atom is -0.481 e. The molecule has 0 aliphatic heterocycles. The van der Waals surface area contributed by atoms with Crippen molar-refractivity contribution in [2.45, 2.75) is 58.3 Å². The molecule has 0 aliphatic rings. The van der Waals surface area contributed by atoms with Crippen LogP contribution in [0.2, 0.25) is 0 Å². The number of aliphatic carboxylic acids is 1. The summed E-state index contributed by atoms with van der Waals surface area (Å²) in [6.45, 7) is 2.21. The highest BCUT2D eigenvalue weighted by Gasteiger charge is 1.90. The average Bonchev–Trinajstić information content (AvgIpc) is 2.34. The monoisotopic (exact) mass is 250 g/mol. The van der Waals surface area contributed by atoms with Gasteiger partial charge in [-0.15, -0.1) is 0 Å². The molecule has 1 N–H and O–H groups in total.